The molecule has 4 heteroatoms. The van der Waals surface area contributed by atoms with Crippen LogP contribution in [-0.4, -0.2) is 18.7 Å². The maximum atomic E-state index is 11.2. The van der Waals surface area contributed by atoms with E-state index in [0.717, 1.165) is 4.88 Å². The first-order valence-electron chi connectivity index (χ1n) is 4.18. The molecule has 2 atom stereocenters. The summed E-state index contributed by atoms with van der Waals surface area (Å²) in [5, 5.41) is 1.97. The van der Waals surface area contributed by atoms with Crippen molar-refractivity contribution in [1.29, 1.82) is 0 Å². The molecule has 0 aromatic carbocycles. The standard InChI is InChI=1S/C9H10O3S/c1-2-11-9(10)8-7(12-8)6-4-3-5-13-6/h3-5,7-8H,2H2,1H3. The van der Waals surface area contributed by atoms with Crippen LogP contribution in [0.4, 0.5) is 0 Å². The van der Waals surface area contributed by atoms with Crippen LogP contribution in [0.15, 0.2) is 17.5 Å². The van der Waals surface area contributed by atoms with Crippen LogP contribution in [0, 0.1) is 0 Å². The molecule has 2 rings (SSSR count). The van der Waals surface area contributed by atoms with E-state index >= 15 is 0 Å². The molecule has 3 nitrogen and oxygen atoms in total. The van der Waals surface area contributed by atoms with Crippen molar-refractivity contribution in [2.75, 3.05) is 6.61 Å². The quantitative estimate of drug-likeness (QED) is 0.548. The van der Waals surface area contributed by atoms with Crippen molar-refractivity contribution in [2.45, 2.75) is 19.1 Å². The monoisotopic (exact) mass is 198 g/mol. The second kappa shape index (κ2) is 3.47. The Labute approximate surface area is 80.3 Å². The summed E-state index contributed by atoms with van der Waals surface area (Å²) in [6, 6.07) is 3.92. The number of esters is 1. The van der Waals surface area contributed by atoms with Crippen LogP contribution in [0.2, 0.25) is 0 Å². The van der Waals surface area contributed by atoms with Crippen molar-refractivity contribution in [3.05, 3.63) is 22.4 Å². The Morgan fingerprint density at radius 3 is 3.23 bits per heavy atom. The van der Waals surface area contributed by atoms with Gasteiger partial charge >= 0.3 is 5.97 Å². The molecular formula is C9H10O3S. The molecule has 2 heterocycles. The molecule has 0 N–H and O–H groups in total. The van der Waals surface area contributed by atoms with E-state index in [1.165, 1.54) is 0 Å². The predicted octanol–water partition coefficient (Wildman–Crippen LogP) is 1.75. The Morgan fingerprint density at radius 2 is 2.62 bits per heavy atom. The molecule has 1 aliphatic rings. The highest BCUT2D eigenvalue weighted by Gasteiger charge is 2.47. The van der Waals surface area contributed by atoms with Crippen LogP contribution in [0.5, 0.6) is 0 Å². The van der Waals surface area contributed by atoms with Crippen molar-refractivity contribution in [1.82, 2.24) is 0 Å². The van der Waals surface area contributed by atoms with E-state index in [0.29, 0.717) is 6.61 Å². The zero-order valence-corrected chi connectivity index (χ0v) is 8.04. The fourth-order valence-electron chi connectivity index (χ4n) is 1.19. The van der Waals surface area contributed by atoms with Gasteiger partial charge in [-0.05, 0) is 18.4 Å². The average Bonchev–Trinajstić information content (AvgIpc) is 2.74. The molecule has 1 saturated heterocycles. The van der Waals surface area contributed by atoms with Gasteiger partial charge in [0, 0.05) is 4.88 Å². The molecule has 0 spiro atoms. The average molecular weight is 198 g/mol. The SMILES string of the molecule is CCOC(=O)C1OC1c1cccs1. The highest BCUT2D eigenvalue weighted by Crippen LogP contribution is 2.41. The van der Waals surface area contributed by atoms with Crippen molar-refractivity contribution in [3.63, 3.8) is 0 Å². The lowest BCUT2D eigenvalue weighted by Gasteiger charge is -1.95. The Hall–Kier alpha value is -0.870. The molecule has 0 bridgehead atoms. The Bertz CT molecular complexity index is 294. The lowest BCUT2D eigenvalue weighted by Crippen LogP contribution is -2.11. The molecule has 1 fully saturated rings. The third-order valence-electron chi connectivity index (χ3n) is 1.83. The van der Waals surface area contributed by atoms with E-state index in [4.69, 9.17) is 9.47 Å². The molecule has 13 heavy (non-hydrogen) atoms. The number of carbonyl (C=O) groups is 1. The molecule has 70 valence electrons. The summed E-state index contributed by atoms with van der Waals surface area (Å²) in [6.45, 7) is 2.20. The van der Waals surface area contributed by atoms with E-state index in [2.05, 4.69) is 0 Å². The summed E-state index contributed by atoms with van der Waals surface area (Å²) in [6.07, 6.45) is -0.419. The Kier molecular flexibility index (Phi) is 2.33. The van der Waals surface area contributed by atoms with Crippen LogP contribution < -0.4 is 0 Å². The number of hydrogen-bond donors (Lipinski definition) is 0. The lowest BCUT2D eigenvalue weighted by atomic mass is 10.3. The number of hydrogen-bond acceptors (Lipinski definition) is 4. The largest absolute Gasteiger partial charge is 0.464 e. The molecule has 0 saturated carbocycles. The number of ether oxygens (including phenoxy) is 2. The van der Waals surface area contributed by atoms with Gasteiger partial charge in [-0.2, -0.15) is 0 Å². The highest BCUT2D eigenvalue weighted by atomic mass is 32.1. The minimum atomic E-state index is -0.362. The first kappa shape index (κ1) is 8.72. The van der Waals surface area contributed by atoms with Gasteiger partial charge in [-0.1, -0.05) is 6.07 Å². The maximum absolute atomic E-state index is 11.2. The van der Waals surface area contributed by atoms with Crippen molar-refractivity contribution in [2.24, 2.45) is 0 Å². The lowest BCUT2D eigenvalue weighted by molar-refractivity contribution is -0.144. The first-order valence-corrected chi connectivity index (χ1v) is 5.06. The van der Waals surface area contributed by atoms with Gasteiger partial charge < -0.3 is 9.47 Å². The van der Waals surface area contributed by atoms with E-state index in [-0.39, 0.29) is 18.2 Å². The van der Waals surface area contributed by atoms with Gasteiger partial charge in [-0.15, -0.1) is 11.3 Å². The molecule has 1 aliphatic heterocycles. The predicted molar refractivity (Wildman–Crippen MR) is 48.6 cm³/mol. The van der Waals surface area contributed by atoms with Gasteiger partial charge in [0.1, 0.15) is 6.10 Å². The summed E-state index contributed by atoms with van der Waals surface area (Å²) in [4.78, 5) is 12.3. The van der Waals surface area contributed by atoms with Gasteiger partial charge in [-0.25, -0.2) is 4.79 Å². The third kappa shape index (κ3) is 1.73. The Balaban J connectivity index is 1.92. The van der Waals surface area contributed by atoms with E-state index < -0.39 is 0 Å². The number of rotatable bonds is 3. The van der Waals surface area contributed by atoms with E-state index in [9.17, 15) is 4.79 Å². The molecular weight excluding hydrogens is 188 g/mol. The maximum Gasteiger partial charge on any atom is 0.338 e. The van der Waals surface area contributed by atoms with Gasteiger partial charge in [0.05, 0.1) is 6.61 Å². The smallest absolute Gasteiger partial charge is 0.338 e. The van der Waals surface area contributed by atoms with E-state index in [1.54, 1.807) is 18.3 Å². The first-order chi connectivity index (χ1) is 6.33. The minimum absolute atomic E-state index is 0.0564. The van der Waals surface area contributed by atoms with Gasteiger partial charge in [0.2, 0.25) is 0 Å². The fourth-order valence-corrected chi connectivity index (χ4v) is 1.97. The zero-order valence-electron chi connectivity index (χ0n) is 7.23. The van der Waals surface area contributed by atoms with Gasteiger partial charge in [-0.3, -0.25) is 0 Å². The number of carbonyl (C=O) groups excluding carboxylic acids is 1. The second-order valence-corrected chi connectivity index (χ2v) is 3.72. The molecule has 2 unspecified atom stereocenters. The summed E-state index contributed by atoms with van der Waals surface area (Å²) < 4.78 is 10.0. The molecule has 0 radical (unpaired) electrons. The van der Waals surface area contributed by atoms with E-state index in [1.807, 2.05) is 17.5 Å². The van der Waals surface area contributed by atoms with Gasteiger partial charge in [0.25, 0.3) is 0 Å². The minimum Gasteiger partial charge on any atom is -0.464 e. The molecule has 1 aromatic heterocycles. The summed E-state index contributed by atoms with van der Waals surface area (Å²) >= 11 is 1.60. The number of epoxide rings is 1. The molecule has 0 amide bonds. The van der Waals surface area contributed by atoms with Crippen LogP contribution in [-0.2, 0) is 14.3 Å². The van der Waals surface area contributed by atoms with Gasteiger partial charge in [0.15, 0.2) is 6.10 Å². The molecule has 0 aliphatic carbocycles. The third-order valence-corrected chi connectivity index (χ3v) is 2.77. The van der Waals surface area contributed by atoms with Crippen molar-refractivity contribution < 1.29 is 14.3 Å². The highest BCUT2D eigenvalue weighted by molar-refractivity contribution is 7.10. The number of thiophene rings is 1. The fraction of sp³-hybridized carbons (Fsp3) is 0.444. The topological polar surface area (TPSA) is 38.8 Å². The summed E-state index contributed by atoms with van der Waals surface area (Å²) in [5.41, 5.74) is 0. The van der Waals surface area contributed by atoms with Crippen LogP contribution in [0.25, 0.3) is 0 Å². The van der Waals surface area contributed by atoms with Crippen molar-refractivity contribution >= 4 is 17.3 Å². The normalized spacial score (nSPS) is 25.6. The van der Waals surface area contributed by atoms with Crippen LogP contribution in [0.1, 0.15) is 17.9 Å². The Morgan fingerprint density at radius 1 is 1.77 bits per heavy atom. The molecule has 1 aromatic rings. The second-order valence-electron chi connectivity index (χ2n) is 2.74. The summed E-state index contributed by atoms with van der Waals surface area (Å²) in [5.74, 6) is -0.249. The summed E-state index contributed by atoms with van der Waals surface area (Å²) in [7, 11) is 0. The van der Waals surface area contributed by atoms with Crippen LogP contribution in [0.3, 0.4) is 0 Å². The zero-order chi connectivity index (χ0) is 9.26. The van der Waals surface area contributed by atoms with Crippen LogP contribution >= 0.6 is 11.3 Å². The van der Waals surface area contributed by atoms with Crippen molar-refractivity contribution in [3.8, 4) is 0 Å².